The number of ketones is 1. The van der Waals surface area contributed by atoms with Crippen LogP contribution in [0.2, 0.25) is 4.34 Å². The van der Waals surface area contributed by atoms with E-state index in [2.05, 4.69) is 6.07 Å². The minimum Gasteiger partial charge on any atom is -0.393 e. The van der Waals surface area contributed by atoms with Gasteiger partial charge in [-0.15, -0.1) is 11.3 Å². The lowest BCUT2D eigenvalue weighted by molar-refractivity contribution is -0.117. The van der Waals surface area contributed by atoms with Gasteiger partial charge in [0.05, 0.1) is 22.6 Å². The second-order valence-electron chi connectivity index (χ2n) is 8.06. The third-order valence-corrected chi connectivity index (χ3v) is 6.89. The maximum Gasteiger partial charge on any atom is 0.129 e. The normalized spacial score (nSPS) is 26.0. The molecule has 1 saturated carbocycles. The summed E-state index contributed by atoms with van der Waals surface area (Å²) in [5.74, 6) is -0.0344. The fraction of sp³-hybridized carbons (Fsp3) is 0.609. The Morgan fingerprint density at radius 1 is 1.34 bits per heavy atom. The van der Waals surface area contributed by atoms with Crippen molar-refractivity contribution in [2.24, 2.45) is 11.8 Å². The fourth-order valence-electron chi connectivity index (χ4n) is 3.91. The number of hydrogen-bond acceptors (Lipinski definition) is 5. The SMILES string of the molecule is CC(=O)CCC/C=C\C[C@@H]1[C@@H](/C=C/[C@@H](O)CCc2cc(C)sc2Cl)[C@H](O)C[C@@H]1O. The molecule has 162 valence electrons. The van der Waals surface area contributed by atoms with Crippen LogP contribution in [0.1, 0.15) is 55.9 Å². The van der Waals surface area contributed by atoms with E-state index in [9.17, 15) is 20.1 Å². The number of thiophene rings is 1. The quantitative estimate of drug-likeness (QED) is 0.346. The Morgan fingerprint density at radius 3 is 2.76 bits per heavy atom. The molecule has 5 atom stereocenters. The van der Waals surface area contributed by atoms with E-state index < -0.39 is 18.3 Å². The number of halogens is 1. The summed E-state index contributed by atoms with van der Waals surface area (Å²) in [7, 11) is 0. The zero-order valence-corrected chi connectivity index (χ0v) is 18.8. The number of carbonyl (C=O) groups excluding carboxylic acids is 1. The number of aryl methyl sites for hydroxylation is 2. The molecular formula is C23H33ClO4S. The molecule has 1 heterocycles. The molecule has 0 saturated heterocycles. The second kappa shape index (κ2) is 12.0. The molecule has 1 aliphatic carbocycles. The summed E-state index contributed by atoms with van der Waals surface area (Å²) in [6.45, 7) is 3.61. The molecule has 1 aromatic heterocycles. The van der Waals surface area contributed by atoms with Crippen molar-refractivity contribution in [1.82, 2.24) is 0 Å². The Morgan fingerprint density at radius 2 is 2.10 bits per heavy atom. The third-order valence-electron chi connectivity index (χ3n) is 5.54. The zero-order valence-electron chi connectivity index (χ0n) is 17.3. The highest BCUT2D eigenvalue weighted by atomic mass is 35.5. The average molecular weight is 441 g/mol. The van der Waals surface area contributed by atoms with Gasteiger partial charge in [-0.2, -0.15) is 0 Å². The first-order valence-electron chi connectivity index (χ1n) is 10.4. The number of Topliss-reactive ketones (excluding diaryl/α,β-unsaturated/α-hetero) is 1. The molecule has 6 heteroatoms. The highest BCUT2D eigenvalue weighted by Crippen LogP contribution is 2.36. The highest BCUT2D eigenvalue weighted by Gasteiger charge is 2.39. The molecule has 0 aliphatic heterocycles. The standard InChI is InChI=1S/C23H33ClO4S/c1-15(25)7-5-3-4-6-8-19-20(22(28)14-21(19)27)12-11-18(26)10-9-17-13-16(2)29-23(17)24/h4,6,11-13,18-22,26-28H,3,5,7-10,14H2,1-2H3/b6-4-,12-11+/t18-,19+,20+,21-,22+/m0/s1. The number of allylic oxidation sites excluding steroid dienone is 2. The van der Waals surface area contributed by atoms with Gasteiger partial charge in [0.25, 0.3) is 0 Å². The van der Waals surface area contributed by atoms with Crippen LogP contribution in [0.25, 0.3) is 0 Å². The molecule has 4 nitrogen and oxygen atoms in total. The summed E-state index contributed by atoms with van der Waals surface area (Å²) in [5, 5.41) is 30.9. The number of carbonyl (C=O) groups is 1. The monoisotopic (exact) mass is 440 g/mol. The molecule has 0 aromatic carbocycles. The van der Waals surface area contributed by atoms with Crippen molar-refractivity contribution in [3.8, 4) is 0 Å². The summed E-state index contributed by atoms with van der Waals surface area (Å²) < 4.78 is 0.781. The molecule has 1 aliphatic rings. The zero-order chi connectivity index (χ0) is 21.4. The maximum absolute atomic E-state index is 11.0. The Hall–Kier alpha value is -0.980. The smallest absolute Gasteiger partial charge is 0.129 e. The lowest BCUT2D eigenvalue weighted by atomic mass is 9.89. The molecule has 0 unspecified atom stereocenters. The van der Waals surface area contributed by atoms with Gasteiger partial charge in [-0.25, -0.2) is 0 Å². The second-order valence-corrected chi connectivity index (χ2v) is 9.92. The highest BCUT2D eigenvalue weighted by molar-refractivity contribution is 7.16. The van der Waals surface area contributed by atoms with Crippen molar-refractivity contribution in [3.05, 3.63) is 45.1 Å². The van der Waals surface area contributed by atoms with Crippen molar-refractivity contribution < 1.29 is 20.1 Å². The van der Waals surface area contributed by atoms with E-state index >= 15 is 0 Å². The minimum atomic E-state index is -0.612. The third kappa shape index (κ3) is 7.99. The molecule has 1 aromatic rings. The first kappa shape index (κ1) is 24.3. The average Bonchev–Trinajstić information content (AvgIpc) is 3.11. The largest absolute Gasteiger partial charge is 0.393 e. The van der Waals surface area contributed by atoms with E-state index in [0.717, 1.165) is 27.6 Å². The Bertz CT molecular complexity index is 712. The van der Waals surface area contributed by atoms with Crippen LogP contribution in [0.15, 0.2) is 30.4 Å². The first-order valence-corrected chi connectivity index (χ1v) is 11.6. The Kier molecular flexibility index (Phi) is 10.1. The van der Waals surface area contributed by atoms with Gasteiger partial charge in [0.2, 0.25) is 0 Å². The summed E-state index contributed by atoms with van der Waals surface area (Å²) in [4.78, 5) is 12.1. The van der Waals surface area contributed by atoms with Crippen LogP contribution < -0.4 is 0 Å². The lowest BCUT2D eigenvalue weighted by Gasteiger charge is -2.19. The predicted octanol–water partition coefficient (Wildman–Crippen LogP) is 4.62. The van der Waals surface area contributed by atoms with E-state index in [0.29, 0.717) is 32.1 Å². The van der Waals surface area contributed by atoms with Crippen LogP contribution >= 0.6 is 22.9 Å². The van der Waals surface area contributed by atoms with Crippen LogP contribution in [0, 0.1) is 18.8 Å². The molecule has 0 bridgehead atoms. The van der Waals surface area contributed by atoms with Gasteiger partial charge in [0.1, 0.15) is 5.78 Å². The fourth-order valence-corrected chi connectivity index (χ4v) is 5.20. The lowest BCUT2D eigenvalue weighted by Crippen LogP contribution is -2.20. The maximum atomic E-state index is 11.0. The topological polar surface area (TPSA) is 77.8 Å². The van der Waals surface area contributed by atoms with Crippen molar-refractivity contribution in [1.29, 1.82) is 0 Å². The summed E-state index contributed by atoms with van der Waals surface area (Å²) in [5.41, 5.74) is 1.06. The van der Waals surface area contributed by atoms with E-state index in [1.165, 1.54) is 0 Å². The number of unbranched alkanes of at least 4 members (excludes halogenated alkanes) is 1. The van der Waals surface area contributed by atoms with E-state index in [4.69, 9.17) is 11.6 Å². The van der Waals surface area contributed by atoms with Gasteiger partial charge >= 0.3 is 0 Å². The van der Waals surface area contributed by atoms with Crippen molar-refractivity contribution >= 4 is 28.7 Å². The molecular weight excluding hydrogens is 408 g/mol. The molecule has 29 heavy (non-hydrogen) atoms. The van der Waals surface area contributed by atoms with E-state index in [1.54, 1.807) is 24.3 Å². The number of aliphatic hydroxyl groups is 3. The van der Waals surface area contributed by atoms with Gasteiger partial charge in [-0.1, -0.05) is 35.9 Å². The van der Waals surface area contributed by atoms with Crippen molar-refractivity contribution in [2.75, 3.05) is 0 Å². The summed E-state index contributed by atoms with van der Waals surface area (Å²) in [6.07, 6.45) is 10.5. The van der Waals surface area contributed by atoms with Crippen LogP contribution in [-0.4, -0.2) is 39.4 Å². The molecule has 3 N–H and O–H groups in total. The van der Waals surface area contributed by atoms with Gasteiger partial charge in [0, 0.05) is 23.6 Å². The molecule has 0 radical (unpaired) electrons. The molecule has 1 fully saturated rings. The summed E-state index contributed by atoms with van der Waals surface area (Å²) in [6, 6.07) is 2.05. The van der Waals surface area contributed by atoms with Gasteiger partial charge in [0.15, 0.2) is 0 Å². The predicted molar refractivity (Wildman–Crippen MR) is 119 cm³/mol. The van der Waals surface area contributed by atoms with E-state index in [-0.39, 0.29) is 17.6 Å². The van der Waals surface area contributed by atoms with Crippen LogP contribution in [-0.2, 0) is 11.2 Å². The Labute approximate surface area is 182 Å². The van der Waals surface area contributed by atoms with Crippen LogP contribution in [0.3, 0.4) is 0 Å². The van der Waals surface area contributed by atoms with Gasteiger partial charge in [-0.05, 0) is 63.5 Å². The molecule has 2 rings (SSSR count). The molecule has 0 amide bonds. The van der Waals surface area contributed by atoms with Crippen molar-refractivity contribution in [2.45, 2.75) is 77.1 Å². The van der Waals surface area contributed by atoms with Crippen molar-refractivity contribution in [3.63, 3.8) is 0 Å². The number of aliphatic hydroxyl groups excluding tert-OH is 3. The van der Waals surface area contributed by atoms with Crippen LogP contribution in [0.4, 0.5) is 0 Å². The first-order chi connectivity index (χ1) is 13.8. The number of rotatable bonds is 11. The van der Waals surface area contributed by atoms with Crippen LogP contribution in [0.5, 0.6) is 0 Å². The van der Waals surface area contributed by atoms with Gasteiger partial charge in [-0.3, -0.25) is 0 Å². The molecule has 0 spiro atoms. The van der Waals surface area contributed by atoms with E-state index in [1.807, 2.05) is 25.2 Å². The Balaban J connectivity index is 1.84. The summed E-state index contributed by atoms with van der Waals surface area (Å²) >= 11 is 7.74. The number of hydrogen-bond donors (Lipinski definition) is 3. The minimum absolute atomic E-state index is 0.0634. The van der Waals surface area contributed by atoms with Gasteiger partial charge < -0.3 is 20.1 Å².